The van der Waals surface area contributed by atoms with Crippen LogP contribution in [0.2, 0.25) is 18.1 Å². The molecule has 2 aromatic carbocycles. The number of rotatable bonds is 2. The summed E-state index contributed by atoms with van der Waals surface area (Å²) in [6.07, 6.45) is 0. The molecule has 0 aliphatic heterocycles. The second-order valence-electron chi connectivity index (χ2n) is 7.45. The van der Waals surface area contributed by atoms with E-state index in [0.717, 1.165) is 16.7 Å². The minimum atomic E-state index is -1.73. The summed E-state index contributed by atoms with van der Waals surface area (Å²) >= 11 is 0. The summed E-state index contributed by atoms with van der Waals surface area (Å²) in [6, 6.07) is 14.4. The molecule has 0 spiro atoms. The van der Waals surface area contributed by atoms with Crippen molar-refractivity contribution in [1.29, 1.82) is 0 Å². The lowest BCUT2D eigenvalue weighted by Gasteiger charge is -2.39. The molecule has 0 atom stereocenters. The van der Waals surface area contributed by atoms with Crippen LogP contribution in [0.3, 0.4) is 0 Å². The van der Waals surface area contributed by atoms with Gasteiger partial charge in [0.25, 0.3) is 0 Å². The van der Waals surface area contributed by atoms with Crippen LogP contribution in [-0.2, 0) is 0 Å². The highest BCUT2D eigenvalue weighted by atomic mass is 28.3. The van der Waals surface area contributed by atoms with Crippen LogP contribution in [0.15, 0.2) is 42.5 Å². The zero-order valence-corrected chi connectivity index (χ0v) is 15.0. The average Bonchev–Trinajstić information content (AvgIpc) is 2.37. The fourth-order valence-corrected chi connectivity index (χ4v) is 4.87. The third-order valence-corrected chi connectivity index (χ3v) is 10.4. The lowest BCUT2D eigenvalue weighted by atomic mass is 10.0. The number of phenolic OH excluding ortho intramolecular Hbond substituents is 1. The molecule has 0 bridgehead atoms. The van der Waals surface area contributed by atoms with Gasteiger partial charge < -0.3 is 5.11 Å². The Kier molecular flexibility index (Phi) is 4.03. The van der Waals surface area contributed by atoms with Gasteiger partial charge in [-0.15, -0.1) is 0 Å². The molecule has 21 heavy (non-hydrogen) atoms. The van der Waals surface area contributed by atoms with Crippen LogP contribution in [0.1, 0.15) is 26.3 Å². The maximum atomic E-state index is 10.6. The Morgan fingerprint density at radius 1 is 0.952 bits per heavy atom. The van der Waals surface area contributed by atoms with E-state index in [1.807, 2.05) is 24.3 Å². The fourth-order valence-electron chi connectivity index (χ4n) is 2.57. The minimum Gasteiger partial charge on any atom is -0.507 e. The summed E-state index contributed by atoms with van der Waals surface area (Å²) in [5.74, 6) is 0.404. The summed E-state index contributed by atoms with van der Waals surface area (Å²) in [5, 5.41) is 12.2. The predicted octanol–water partition coefficient (Wildman–Crippen LogP) is 5.08. The van der Waals surface area contributed by atoms with Crippen molar-refractivity contribution in [1.82, 2.24) is 0 Å². The molecule has 0 heterocycles. The van der Waals surface area contributed by atoms with Crippen LogP contribution >= 0.6 is 0 Å². The lowest BCUT2D eigenvalue weighted by Crippen LogP contribution is -2.50. The first-order valence-electron chi connectivity index (χ1n) is 7.54. The Bertz CT molecular complexity index is 637. The van der Waals surface area contributed by atoms with Crippen molar-refractivity contribution in [2.45, 2.75) is 45.8 Å². The predicted molar refractivity (Wildman–Crippen MR) is 95.1 cm³/mol. The molecule has 2 heteroatoms. The van der Waals surface area contributed by atoms with Crippen LogP contribution in [0.5, 0.6) is 5.75 Å². The molecule has 0 amide bonds. The van der Waals surface area contributed by atoms with Crippen molar-refractivity contribution in [3.8, 4) is 16.9 Å². The molecule has 0 fully saturated rings. The second-order valence-corrected chi connectivity index (χ2v) is 12.7. The van der Waals surface area contributed by atoms with Gasteiger partial charge in [-0.2, -0.15) is 0 Å². The van der Waals surface area contributed by atoms with Gasteiger partial charge in [-0.1, -0.05) is 70.3 Å². The molecular formula is C19H26OSi. The SMILES string of the molecule is Cc1cc(O)c(-c2ccccc2)c([Si](C)(C)C(C)(C)C)c1. The van der Waals surface area contributed by atoms with Gasteiger partial charge in [0, 0.05) is 5.56 Å². The van der Waals surface area contributed by atoms with Crippen molar-refractivity contribution >= 4 is 13.3 Å². The molecule has 0 saturated carbocycles. The topological polar surface area (TPSA) is 20.2 Å². The fraction of sp³-hybridized carbons (Fsp3) is 0.368. The first kappa shape index (κ1) is 15.8. The van der Waals surface area contributed by atoms with Gasteiger partial charge in [-0.25, -0.2) is 0 Å². The van der Waals surface area contributed by atoms with Crippen LogP contribution in [0.4, 0.5) is 0 Å². The van der Waals surface area contributed by atoms with E-state index in [2.05, 4.69) is 59.0 Å². The first-order chi connectivity index (χ1) is 9.64. The lowest BCUT2D eigenvalue weighted by molar-refractivity contribution is 0.477. The summed E-state index contributed by atoms with van der Waals surface area (Å²) in [6.45, 7) is 13.8. The highest BCUT2D eigenvalue weighted by molar-refractivity contribution is 6.93. The Balaban J connectivity index is 2.78. The second kappa shape index (κ2) is 5.34. The molecule has 2 rings (SSSR count). The molecule has 0 aliphatic carbocycles. The van der Waals surface area contributed by atoms with Crippen molar-refractivity contribution in [2.24, 2.45) is 0 Å². The average molecular weight is 299 g/mol. The van der Waals surface area contributed by atoms with Gasteiger partial charge in [-0.3, -0.25) is 0 Å². The van der Waals surface area contributed by atoms with Gasteiger partial charge in [0.1, 0.15) is 5.75 Å². The number of aryl methyl sites for hydroxylation is 1. The van der Waals surface area contributed by atoms with E-state index in [-0.39, 0.29) is 5.04 Å². The zero-order valence-electron chi connectivity index (χ0n) is 14.0. The monoisotopic (exact) mass is 298 g/mol. The molecule has 0 aromatic heterocycles. The number of aromatic hydroxyl groups is 1. The third-order valence-electron chi connectivity index (χ3n) is 4.87. The van der Waals surface area contributed by atoms with E-state index in [4.69, 9.17) is 0 Å². The van der Waals surface area contributed by atoms with Crippen LogP contribution in [0, 0.1) is 6.92 Å². The Morgan fingerprint density at radius 3 is 2.05 bits per heavy atom. The smallest absolute Gasteiger partial charge is 0.123 e. The summed E-state index contributed by atoms with van der Waals surface area (Å²) in [4.78, 5) is 0. The number of hydrogen-bond donors (Lipinski definition) is 1. The highest BCUT2D eigenvalue weighted by Gasteiger charge is 2.39. The van der Waals surface area contributed by atoms with Gasteiger partial charge in [0.05, 0.1) is 8.07 Å². The Hall–Kier alpha value is -1.54. The maximum absolute atomic E-state index is 10.6. The zero-order chi connectivity index (χ0) is 15.8. The van der Waals surface area contributed by atoms with E-state index in [1.165, 1.54) is 5.19 Å². The minimum absolute atomic E-state index is 0.233. The molecule has 0 saturated heterocycles. The van der Waals surface area contributed by atoms with E-state index in [9.17, 15) is 5.11 Å². The van der Waals surface area contributed by atoms with Crippen molar-refractivity contribution < 1.29 is 5.11 Å². The molecular weight excluding hydrogens is 272 g/mol. The molecule has 0 unspecified atom stereocenters. The molecule has 112 valence electrons. The van der Waals surface area contributed by atoms with Crippen molar-refractivity contribution in [2.75, 3.05) is 0 Å². The number of benzene rings is 2. The maximum Gasteiger partial charge on any atom is 0.123 e. The van der Waals surface area contributed by atoms with Crippen molar-refractivity contribution in [3.63, 3.8) is 0 Å². The first-order valence-corrected chi connectivity index (χ1v) is 10.5. The molecule has 2 aromatic rings. The summed E-state index contributed by atoms with van der Waals surface area (Å²) in [7, 11) is -1.73. The normalized spacial score (nSPS) is 12.5. The number of hydrogen-bond acceptors (Lipinski definition) is 1. The van der Waals surface area contributed by atoms with Gasteiger partial charge >= 0.3 is 0 Å². The third kappa shape index (κ3) is 2.91. The number of phenols is 1. The summed E-state index contributed by atoms with van der Waals surface area (Å²) < 4.78 is 0. The quantitative estimate of drug-likeness (QED) is 0.766. The van der Waals surface area contributed by atoms with E-state index in [1.54, 1.807) is 0 Å². The highest BCUT2D eigenvalue weighted by Crippen LogP contribution is 2.40. The van der Waals surface area contributed by atoms with Crippen LogP contribution in [0.25, 0.3) is 11.1 Å². The standard InChI is InChI=1S/C19H26OSi/c1-14-12-16(20)18(15-10-8-7-9-11-15)17(13-14)21(5,6)19(2,3)4/h7-13,20H,1-6H3. The van der Waals surface area contributed by atoms with Gasteiger partial charge in [-0.05, 0) is 34.3 Å². The molecule has 1 nitrogen and oxygen atoms in total. The van der Waals surface area contributed by atoms with Crippen LogP contribution < -0.4 is 5.19 Å². The molecule has 1 N–H and O–H groups in total. The van der Waals surface area contributed by atoms with Crippen molar-refractivity contribution in [3.05, 3.63) is 48.0 Å². The molecule has 0 aliphatic rings. The molecule has 0 radical (unpaired) electrons. The van der Waals surface area contributed by atoms with Gasteiger partial charge in [0.15, 0.2) is 0 Å². The van der Waals surface area contributed by atoms with E-state index >= 15 is 0 Å². The summed E-state index contributed by atoms with van der Waals surface area (Å²) in [5.41, 5.74) is 3.26. The van der Waals surface area contributed by atoms with Gasteiger partial charge in [0.2, 0.25) is 0 Å². The Labute approximate surface area is 129 Å². The van der Waals surface area contributed by atoms with E-state index in [0.29, 0.717) is 5.75 Å². The van der Waals surface area contributed by atoms with E-state index < -0.39 is 8.07 Å². The largest absolute Gasteiger partial charge is 0.507 e. The van der Waals surface area contributed by atoms with Crippen LogP contribution in [-0.4, -0.2) is 13.2 Å². The Morgan fingerprint density at radius 2 is 1.52 bits per heavy atom.